The van der Waals surface area contributed by atoms with Gasteiger partial charge in [-0.2, -0.15) is 0 Å². The lowest BCUT2D eigenvalue weighted by molar-refractivity contribution is 0.668. The number of hydrogen-bond donors (Lipinski definition) is 0. The largest absolute Gasteiger partial charge is 0.456 e. The van der Waals surface area contributed by atoms with E-state index in [-0.39, 0.29) is 0 Å². The highest BCUT2D eigenvalue weighted by molar-refractivity contribution is 6.16. The van der Waals surface area contributed by atoms with Gasteiger partial charge in [0, 0.05) is 38.2 Å². The van der Waals surface area contributed by atoms with Crippen LogP contribution in [0.2, 0.25) is 0 Å². The number of fused-ring (bicyclic) bond motifs is 6. The van der Waals surface area contributed by atoms with Crippen LogP contribution in [0.5, 0.6) is 0 Å². The molecule has 0 saturated carbocycles. The highest BCUT2D eigenvalue weighted by Crippen LogP contribution is 2.44. The van der Waals surface area contributed by atoms with Crippen molar-refractivity contribution >= 4 is 43.9 Å². The van der Waals surface area contributed by atoms with E-state index in [9.17, 15) is 0 Å². The van der Waals surface area contributed by atoms with Gasteiger partial charge in [-0.15, -0.1) is 0 Å². The van der Waals surface area contributed by atoms with Gasteiger partial charge in [-0.05, 0) is 58.1 Å². The molecule has 0 spiro atoms. The minimum absolute atomic E-state index is 0.542. The van der Waals surface area contributed by atoms with Crippen LogP contribution < -0.4 is 0 Å². The van der Waals surface area contributed by atoms with Gasteiger partial charge in [0.05, 0.1) is 5.56 Å². The lowest BCUT2D eigenvalue weighted by Crippen LogP contribution is -2.00. The van der Waals surface area contributed by atoms with E-state index in [1.807, 2.05) is 60.7 Å². The number of furan rings is 2. The minimum Gasteiger partial charge on any atom is -0.456 e. The second-order valence-electron chi connectivity index (χ2n) is 13.9. The monoisotopic (exact) mass is 717 g/mol. The van der Waals surface area contributed by atoms with Crippen molar-refractivity contribution in [2.24, 2.45) is 0 Å². The van der Waals surface area contributed by atoms with E-state index in [1.54, 1.807) is 0 Å². The lowest BCUT2D eigenvalue weighted by atomic mass is 9.94. The van der Waals surface area contributed by atoms with Crippen LogP contribution in [-0.2, 0) is 0 Å². The molecule has 8 aromatic carbocycles. The number of aromatic nitrogens is 3. The lowest BCUT2D eigenvalue weighted by Gasteiger charge is -2.10. The molecule has 11 aromatic rings. The highest BCUT2D eigenvalue weighted by atomic mass is 16.3. The Morgan fingerprint density at radius 3 is 1.57 bits per heavy atom. The van der Waals surface area contributed by atoms with Crippen LogP contribution in [0.15, 0.2) is 197 Å². The molecule has 0 unspecified atom stereocenters. The maximum absolute atomic E-state index is 6.98. The Balaban J connectivity index is 1.11. The molecule has 0 fully saturated rings. The van der Waals surface area contributed by atoms with Gasteiger partial charge >= 0.3 is 0 Å². The normalized spacial score (nSPS) is 11.6. The maximum Gasteiger partial charge on any atom is 0.167 e. The molecule has 0 aliphatic carbocycles. The maximum atomic E-state index is 6.98. The Hall–Kier alpha value is -7.63. The fourth-order valence-electron chi connectivity index (χ4n) is 7.89. The van der Waals surface area contributed by atoms with E-state index in [0.717, 1.165) is 93.9 Å². The van der Waals surface area contributed by atoms with E-state index in [4.69, 9.17) is 23.8 Å². The minimum atomic E-state index is 0.542. The topological polar surface area (TPSA) is 65.0 Å². The van der Waals surface area contributed by atoms with Gasteiger partial charge in [0.1, 0.15) is 22.3 Å². The Morgan fingerprint density at radius 1 is 0.286 bits per heavy atom. The molecule has 0 N–H and O–H groups in total. The van der Waals surface area contributed by atoms with E-state index < -0.39 is 0 Å². The third kappa shape index (κ3) is 5.37. The van der Waals surface area contributed by atoms with E-state index >= 15 is 0 Å². The molecule has 262 valence electrons. The molecule has 0 saturated heterocycles. The van der Waals surface area contributed by atoms with Gasteiger partial charge in [-0.1, -0.05) is 158 Å². The molecule has 0 aliphatic rings. The standard InChI is InChI=1S/C51H31N3O2/c1-4-15-32(16-5-1)35-21-12-22-36(29-35)50-52-49(34-19-8-3-9-20-34)53-51(54-50)42-27-14-26-40-39-25-13-24-38(47(39)56-48(40)42)37-30-43(33-17-6-2-7-18-33)46-41-23-10-11-28-44(41)55-45(46)31-37/h1-31H. The van der Waals surface area contributed by atoms with Crippen LogP contribution in [0.4, 0.5) is 0 Å². The summed E-state index contributed by atoms with van der Waals surface area (Å²) in [6, 6.07) is 64.4. The molecular formula is C51H31N3O2. The molecule has 3 heterocycles. The van der Waals surface area contributed by atoms with Crippen LogP contribution >= 0.6 is 0 Å². The second kappa shape index (κ2) is 13.0. The highest BCUT2D eigenvalue weighted by Gasteiger charge is 2.21. The number of rotatable bonds is 6. The number of para-hydroxylation sites is 3. The van der Waals surface area contributed by atoms with Crippen molar-refractivity contribution in [3.05, 3.63) is 188 Å². The summed E-state index contributed by atoms with van der Waals surface area (Å²) >= 11 is 0. The van der Waals surface area contributed by atoms with Crippen LogP contribution in [0.3, 0.4) is 0 Å². The van der Waals surface area contributed by atoms with Gasteiger partial charge in [0.15, 0.2) is 17.5 Å². The van der Waals surface area contributed by atoms with Crippen molar-refractivity contribution in [2.45, 2.75) is 0 Å². The molecule has 0 aliphatic heterocycles. The first-order valence-corrected chi connectivity index (χ1v) is 18.7. The molecule has 3 aromatic heterocycles. The summed E-state index contributed by atoms with van der Waals surface area (Å²) in [6.07, 6.45) is 0. The Morgan fingerprint density at radius 2 is 0.821 bits per heavy atom. The Labute approximate surface area is 322 Å². The van der Waals surface area contributed by atoms with Crippen molar-refractivity contribution in [1.29, 1.82) is 0 Å². The number of nitrogens with zero attached hydrogens (tertiary/aromatic N) is 3. The molecule has 0 bridgehead atoms. The van der Waals surface area contributed by atoms with Gasteiger partial charge in [-0.3, -0.25) is 0 Å². The summed E-state index contributed by atoms with van der Waals surface area (Å²) in [6.45, 7) is 0. The van der Waals surface area contributed by atoms with E-state index in [2.05, 4.69) is 127 Å². The fourth-order valence-corrected chi connectivity index (χ4v) is 7.89. The van der Waals surface area contributed by atoms with Gasteiger partial charge in [0.25, 0.3) is 0 Å². The van der Waals surface area contributed by atoms with Gasteiger partial charge in [-0.25, -0.2) is 15.0 Å². The van der Waals surface area contributed by atoms with Gasteiger partial charge < -0.3 is 8.83 Å². The molecular weight excluding hydrogens is 687 g/mol. The third-order valence-electron chi connectivity index (χ3n) is 10.5. The van der Waals surface area contributed by atoms with Crippen molar-refractivity contribution in [3.8, 4) is 67.5 Å². The summed E-state index contributed by atoms with van der Waals surface area (Å²) in [5, 5.41) is 4.20. The summed E-state index contributed by atoms with van der Waals surface area (Å²) < 4.78 is 13.5. The van der Waals surface area contributed by atoms with Crippen molar-refractivity contribution in [3.63, 3.8) is 0 Å². The first-order valence-electron chi connectivity index (χ1n) is 18.7. The van der Waals surface area contributed by atoms with E-state index in [0.29, 0.717) is 17.5 Å². The first-order chi connectivity index (χ1) is 27.7. The molecule has 5 nitrogen and oxygen atoms in total. The Bertz CT molecular complexity index is 3240. The molecule has 5 heteroatoms. The van der Waals surface area contributed by atoms with Crippen LogP contribution in [-0.4, -0.2) is 15.0 Å². The van der Waals surface area contributed by atoms with E-state index in [1.165, 1.54) is 0 Å². The SMILES string of the molecule is c1ccc(-c2cccc(-c3nc(-c4ccccc4)nc(-c4cccc5c4oc4c(-c6cc(-c7ccccc7)c7c(c6)oc6ccccc67)cccc45)n3)c2)cc1. The zero-order valence-corrected chi connectivity index (χ0v) is 30.1. The second-order valence-corrected chi connectivity index (χ2v) is 13.9. The van der Waals surface area contributed by atoms with Crippen molar-refractivity contribution in [1.82, 2.24) is 15.0 Å². The fraction of sp³-hybridized carbons (Fsp3) is 0. The average molecular weight is 718 g/mol. The summed E-state index contributed by atoms with van der Waals surface area (Å²) in [5.41, 5.74) is 12.3. The van der Waals surface area contributed by atoms with Crippen LogP contribution in [0.1, 0.15) is 0 Å². The van der Waals surface area contributed by atoms with Crippen LogP contribution in [0.25, 0.3) is 111 Å². The number of hydrogen-bond acceptors (Lipinski definition) is 5. The third-order valence-corrected chi connectivity index (χ3v) is 10.5. The predicted molar refractivity (Wildman–Crippen MR) is 227 cm³/mol. The smallest absolute Gasteiger partial charge is 0.167 e. The summed E-state index contributed by atoms with van der Waals surface area (Å²) in [7, 11) is 0. The first kappa shape index (κ1) is 31.9. The summed E-state index contributed by atoms with van der Waals surface area (Å²) in [4.78, 5) is 15.2. The quantitative estimate of drug-likeness (QED) is 0.171. The Kier molecular flexibility index (Phi) is 7.42. The molecule has 0 radical (unpaired) electrons. The predicted octanol–water partition coefficient (Wildman–Crippen LogP) is 13.7. The molecule has 0 amide bonds. The molecule has 0 atom stereocenters. The van der Waals surface area contributed by atoms with Crippen molar-refractivity contribution < 1.29 is 8.83 Å². The number of benzene rings is 8. The van der Waals surface area contributed by atoms with Crippen LogP contribution in [0, 0.1) is 0 Å². The van der Waals surface area contributed by atoms with Gasteiger partial charge in [0.2, 0.25) is 0 Å². The zero-order chi connectivity index (χ0) is 37.0. The molecule has 11 rings (SSSR count). The van der Waals surface area contributed by atoms with Crippen molar-refractivity contribution in [2.75, 3.05) is 0 Å². The summed E-state index contributed by atoms with van der Waals surface area (Å²) in [5.74, 6) is 1.73. The average Bonchev–Trinajstić information content (AvgIpc) is 3.86. The molecule has 56 heavy (non-hydrogen) atoms. The zero-order valence-electron chi connectivity index (χ0n) is 30.1.